The van der Waals surface area contributed by atoms with Gasteiger partial charge in [0.25, 0.3) is 5.91 Å². The fourth-order valence-electron chi connectivity index (χ4n) is 2.32. The zero-order chi connectivity index (χ0) is 21.2. The average molecular weight is 416 g/mol. The largest absolute Gasteiger partial charge is 0.493 e. The lowest BCUT2D eigenvalue weighted by Crippen LogP contribution is -2.20. The van der Waals surface area contributed by atoms with Crippen molar-refractivity contribution in [2.24, 2.45) is 0 Å². The van der Waals surface area contributed by atoms with Crippen molar-refractivity contribution in [2.75, 3.05) is 25.6 Å². The molecule has 0 fully saturated rings. The van der Waals surface area contributed by atoms with Crippen LogP contribution in [0, 0.1) is 6.92 Å². The molecule has 6 nitrogen and oxygen atoms in total. The molecule has 1 N–H and O–H groups in total. The highest BCUT2D eigenvalue weighted by molar-refractivity contribution is 6.31. The molecule has 0 aliphatic rings. The van der Waals surface area contributed by atoms with Gasteiger partial charge in [-0.15, -0.1) is 0 Å². The summed E-state index contributed by atoms with van der Waals surface area (Å²) in [6.45, 7) is 5.38. The zero-order valence-corrected chi connectivity index (χ0v) is 17.0. The molecule has 0 bridgehead atoms. The van der Waals surface area contributed by atoms with Crippen LogP contribution in [-0.2, 0) is 14.3 Å². The summed E-state index contributed by atoms with van der Waals surface area (Å²) in [4.78, 5) is 23.8. The van der Waals surface area contributed by atoms with Gasteiger partial charge in [-0.1, -0.05) is 36.4 Å². The van der Waals surface area contributed by atoms with Crippen molar-refractivity contribution < 1.29 is 23.8 Å². The van der Waals surface area contributed by atoms with Crippen LogP contribution in [0.15, 0.2) is 55.1 Å². The Morgan fingerprint density at radius 3 is 2.69 bits per heavy atom. The summed E-state index contributed by atoms with van der Waals surface area (Å²) >= 11 is 5.92. The Kier molecular flexibility index (Phi) is 8.30. The SMILES string of the molecule is C=CCOc1ccc(/C=C/C(=O)OCC(=O)Nc2cc(Cl)ccc2C)cc1OC. The standard InChI is InChI=1S/C22H22ClNO5/c1-4-11-28-19-9-6-16(12-20(19)27-3)7-10-22(26)29-14-21(25)24-18-13-17(23)8-5-15(18)2/h4-10,12-13H,1,11,14H2,2-3H3,(H,24,25)/b10-7+. The molecule has 0 aromatic heterocycles. The van der Waals surface area contributed by atoms with Gasteiger partial charge in [0.05, 0.1) is 7.11 Å². The summed E-state index contributed by atoms with van der Waals surface area (Å²) in [5.74, 6) is -0.00448. The van der Waals surface area contributed by atoms with Crippen LogP contribution < -0.4 is 14.8 Å². The number of nitrogens with one attached hydrogen (secondary N) is 1. The predicted octanol–water partition coefficient (Wildman–Crippen LogP) is 4.42. The van der Waals surface area contributed by atoms with Gasteiger partial charge < -0.3 is 19.5 Å². The van der Waals surface area contributed by atoms with Crippen LogP contribution in [0.2, 0.25) is 5.02 Å². The average Bonchev–Trinajstić information content (AvgIpc) is 2.72. The lowest BCUT2D eigenvalue weighted by molar-refractivity contribution is -0.142. The number of aryl methyl sites for hydroxylation is 1. The van der Waals surface area contributed by atoms with E-state index in [2.05, 4.69) is 11.9 Å². The van der Waals surface area contributed by atoms with E-state index in [1.807, 2.05) is 6.92 Å². The second-order valence-corrected chi connectivity index (χ2v) is 6.39. The number of amides is 1. The molecule has 152 valence electrons. The van der Waals surface area contributed by atoms with Gasteiger partial charge in [0.15, 0.2) is 18.1 Å². The van der Waals surface area contributed by atoms with Crippen molar-refractivity contribution in [3.63, 3.8) is 0 Å². The van der Waals surface area contributed by atoms with Gasteiger partial charge in [0, 0.05) is 16.8 Å². The van der Waals surface area contributed by atoms with E-state index in [4.69, 9.17) is 25.8 Å². The number of hydrogen-bond donors (Lipinski definition) is 1. The minimum Gasteiger partial charge on any atom is -0.493 e. The summed E-state index contributed by atoms with van der Waals surface area (Å²) in [5.41, 5.74) is 2.13. The number of benzene rings is 2. The van der Waals surface area contributed by atoms with Crippen LogP contribution in [0.4, 0.5) is 5.69 Å². The molecule has 0 atom stereocenters. The predicted molar refractivity (Wildman–Crippen MR) is 113 cm³/mol. The quantitative estimate of drug-likeness (QED) is 0.373. The molecular weight excluding hydrogens is 394 g/mol. The molecule has 0 aliphatic carbocycles. The van der Waals surface area contributed by atoms with Crippen molar-refractivity contribution in [1.29, 1.82) is 0 Å². The van der Waals surface area contributed by atoms with Crippen LogP contribution in [0.5, 0.6) is 11.5 Å². The van der Waals surface area contributed by atoms with Gasteiger partial charge in [-0.25, -0.2) is 4.79 Å². The number of hydrogen-bond acceptors (Lipinski definition) is 5. The molecule has 0 heterocycles. The molecule has 7 heteroatoms. The molecule has 29 heavy (non-hydrogen) atoms. The fourth-order valence-corrected chi connectivity index (χ4v) is 2.49. The zero-order valence-electron chi connectivity index (χ0n) is 16.2. The third kappa shape index (κ3) is 7.01. The van der Waals surface area contributed by atoms with Gasteiger partial charge in [-0.05, 0) is 48.4 Å². The van der Waals surface area contributed by atoms with Gasteiger partial charge in [0.2, 0.25) is 0 Å². The van der Waals surface area contributed by atoms with Gasteiger partial charge >= 0.3 is 5.97 Å². The number of esters is 1. The molecule has 0 unspecified atom stereocenters. The number of carbonyl (C=O) groups excluding carboxylic acids is 2. The molecule has 0 spiro atoms. The summed E-state index contributed by atoms with van der Waals surface area (Å²) in [7, 11) is 1.53. The van der Waals surface area contributed by atoms with Gasteiger partial charge in [0.1, 0.15) is 6.61 Å². The number of halogens is 1. The molecule has 0 saturated carbocycles. The van der Waals surface area contributed by atoms with Crippen LogP contribution in [0.1, 0.15) is 11.1 Å². The van der Waals surface area contributed by atoms with Crippen molar-refractivity contribution in [1.82, 2.24) is 0 Å². The Labute approximate surface area is 174 Å². The summed E-state index contributed by atoms with van der Waals surface area (Å²) in [6.07, 6.45) is 4.42. The van der Waals surface area contributed by atoms with Crippen molar-refractivity contribution in [3.05, 3.63) is 71.3 Å². The van der Waals surface area contributed by atoms with Crippen molar-refractivity contribution >= 4 is 35.2 Å². The topological polar surface area (TPSA) is 73.9 Å². The molecule has 0 radical (unpaired) electrons. The smallest absolute Gasteiger partial charge is 0.331 e. The lowest BCUT2D eigenvalue weighted by Gasteiger charge is -2.10. The van der Waals surface area contributed by atoms with Crippen LogP contribution in [-0.4, -0.2) is 32.2 Å². The van der Waals surface area contributed by atoms with E-state index in [0.29, 0.717) is 34.4 Å². The van der Waals surface area contributed by atoms with Gasteiger partial charge in [-0.3, -0.25) is 4.79 Å². The van der Waals surface area contributed by atoms with E-state index >= 15 is 0 Å². The summed E-state index contributed by atoms with van der Waals surface area (Å²) < 4.78 is 15.7. The number of carbonyl (C=O) groups is 2. The number of rotatable bonds is 9. The first-order valence-corrected chi connectivity index (χ1v) is 9.13. The highest BCUT2D eigenvalue weighted by Gasteiger charge is 2.08. The number of methoxy groups -OCH3 is 1. The Hall–Kier alpha value is -3.25. The highest BCUT2D eigenvalue weighted by atomic mass is 35.5. The van der Waals surface area contributed by atoms with Crippen LogP contribution in [0.3, 0.4) is 0 Å². The van der Waals surface area contributed by atoms with E-state index in [0.717, 1.165) is 5.56 Å². The van der Waals surface area contributed by atoms with E-state index in [1.54, 1.807) is 48.6 Å². The first kappa shape index (κ1) is 22.0. The lowest BCUT2D eigenvalue weighted by atomic mass is 10.2. The second-order valence-electron chi connectivity index (χ2n) is 5.96. The Morgan fingerprint density at radius 2 is 1.97 bits per heavy atom. The third-order valence-electron chi connectivity index (χ3n) is 3.78. The maximum atomic E-state index is 12.0. The molecule has 1 amide bonds. The van der Waals surface area contributed by atoms with Crippen LogP contribution >= 0.6 is 11.6 Å². The first-order valence-electron chi connectivity index (χ1n) is 8.75. The molecule has 2 rings (SSSR count). The van der Waals surface area contributed by atoms with E-state index < -0.39 is 18.5 Å². The summed E-state index contributed by atoms with van der Waals surface area (Å²) in [6, 6.07) is 10.4. The van der Waals surface area contributed by atoms with E-state index in [1.165, 1.54) is 13.2 Å². The molecule has 2 aromatic carbocycles. The van der Waals surface area contributed by atoms with Gasteiger partial charge in [-0.2, -0.15) is 0 Å². The maximum absolute atomic E-state index is 12.0. The van der Waals surface area contributed by atoms with Crippen molar-refractivity contribution in [2.45, 2.75) is 6.92 Å². The van der Waals surface area contributed by atoms with E-state index in [-0.39, 0.29) is 0 Å². The van der Waals surface area contributed by atoms with Crippen LogP contribution in [0.25, 0.3) is 6.08 Å². The number of anilines is 1. The molecule has 2 aromatic rings. The Balaban J connectivity index is 1.89. The molecule has 0 aliphatic heterocycles. The normalized spacial score (nSPS) is 10.4. The Bertz CT molecular complexity index is 923. The number of ether oxygens (including phenoxy) is 3. The first-order chi connectivity index (χ1) is 13.9. The monoisotopic (exact) mass is 415 g/mol. The summed E-state index contributed by atoms with van der Waals surface area (Å²) in [5, 5.41) is 3.16. The minimum atomic E-state index is -0.645. The third-order valence-corrected chi connectivity index (χ3v) is 4.01. The van der Waals surface area contributed by atoms with Crippen molar-refractivity contribution in [3.8, 4) is 11.5 Å². The minimum absolute atomic E-state index is 0.356. The maximum Gasteiger partial charge on any atom is 0.331 e. The highest BCUT2D eigenvalue weighted by Crippen LogP contribution is 2.28. The van der Waals surface area contributed by atoms with E-state index in [9.17, 15) is 9.59 Å². The molecule has 0 saturated heterocycles. The molecular formula is C22H22ClNO5. The fraction of sp³-hybridized carbons (Fsp3) is 0.182. The second kappa shape index (κ2) is 10.9. The Morgan fingerprint density at radius 1 is 1.17 bits per heavy atom.